The Hall–Kier alpha value is -1.46. The highest BCUT2D eigenvalue weighted by Crippen LogP contribution is 2.23. The minimum absolute atomic E-state index is 0.245. The van der Waals surface area contributed by atoms with E-state index >= 15 is 0 Å². The number of aromatic hydroxyl groups is 1. The van der Waals surface area contributed by atoms with Crippen molar-refractivity contribution in [2.45, 2.75) is 10.9 Å². The first-order valence-electron chi connectivity index (χ1n) is 4.84. The summed E-state index contributed by atoms with van der Waals surface area (Å²) < 4.78 is 0. The van der Waals surface area contributed by atoms with Gasteiger partial charge in [0.05, 0.1) is 0 Å². The summed E-state index contributed by atoms with van der Waals surface area (Å²) >= 11 is 7.19. The number of nitrogens with zero attached hydrogens (tertiary/aromatic N) is 2. The molecule has 2 aromatic rings. The topological polar surface area (TPSA) is 72.0 Å². The Bertz CT molecular complexity index is 516. The first-order chi connectivity index (χ1) is 8.13. The Morgan fingerprint density at radius 1 is 1.29 bits per heavy atom. The molecule has 0 aliphatic rings. The number of nitrogen functional groups attached to an aromatic ring is 1. The highest BCUT2D eigenvalue weighted by atomic mass is 35.5. The molecule has 6 heteroatoms. The van der Waals surface area contributed by atoms with E-state index in [0.29, 0.717) is 21.9 Å². The molecule has 0 radical (unpaired) electrons. The second-order valence-electron chi connectivity index (χ2n) is 3.36. The summed E-state index contributed by atoms with van der Waals surface area (Å²) in [4.78, 5) is 8.10. The fraction of sp³-hybridized carbons (Fsp3) is 0.0909. The SMILES string of the molecule is Nc1cc(Cl)nc(SCc2cccc(O)c2)n1. The first kappa shape index (κ1) is 12.0. The van der Waals surface area contributed by atoms with Gasteiger partial charge in [0.15, 0.2) is 5.16 Å². The number of thioether (sulfide) groups is 1. The van der Waals surface area contributed by atoms with Crippen LogP contribution < -0.4 is 5.73 Å². The normalized spacial score (nSPS) is 10.4. The van der Waals surface area contributed by atoms with E-state index in [2.05, 4.69) is 9.97 Å². The molecule has 0 amide bonds. The van der Waals surface area contributed by atoms with Gasteiger partial charge >= 0.3 is 0 Å². The maximum absolute atomic E-state index is 9.32. The molecule has 17 heavy (non-hydrogen) atoms. The number of rotatable bonds is 3. The van der Waals surface area contributed by atoms with Crippen LogP contribution in [0.1, 0.15) is 5.56 Å². The summed E-state index contributed by atoms with van der Waals surface area (Å²) in [5.74, 6) is 1.24. The number of phenolic OH excluding ortho intramolecular Hbond substituents is 1. The van der Waals surface area contributed by atoms with Crippen molar-refractivity contribution in [1.29, 1.82) is 0 Å². The monoisotopic (exact) mass is 267 g/mol. The van der Waals surface area contributed by atoms with Gasteiger partial charge in [-0.3, -0.25) is 0 Å². The fourth-order valence-electron chi connectivity index (χ4n) is 1.27. The number of phenols is 1. The Morgan fingerprint density at radius 3 is 2.82 bits per heavy atom. The number of anilines is 1. The standard InChI is InChI=1S/C11H10ClN3OS/c12-9-5-10(13)15-11(14-9)17-6-7-2-1-3-8(16)4-7/h1-5,16H,6H2,(H2,13,14,15). The van der Waals surface area contributed by atoms with E-state index in [1.807, 2.05) is 6.07 Å². The minimum Gasteiger partial charge on any atom is -0.508 e. The average Bonchev–Trinajstić information content (AvgIpc) is 2.25. The van der Waals surface area contributed by atoms with E-state index in [1.54, 1.807) is 18.2 Å². The van der Waals surface area contributed by atoms with Crippen molar-refractivity contribution in [3.8, 4) is 5.75 Å². The van der Waals surface area contributed by atoms with Gasteiger partial charge in [0, 0.05) is 11.8 Å². The summed E-state index contributed by atoms with van der Waals surface area (Å²) in [6.45, 7) is 0. The largest absolute Gasteiger partial charge is 0.508 e. The van der Waals surface area contributed by atoms with Crippen LogP contribution in [0.5, 0.6) is 5.75 Å². The van der Waals surface area contributed by atoms with Gasteiger partial charge in [-0.1, -0.05) is 35.5 Å². The molecule has 0 saturated carbocycles. The van der Waals surface area contributed by atoms with Gasteiger partial charge in [-0.05, 0) is 17.7 Å². The molecule has 1 heterocycles. The molecule has 0 aliphatic carbocycles. The molecule has 0 bridgehead atoms. The molecular formula is C11H10ClN3OS. The van der Waals surface area contributed by atoms with Gasteiger partial charge < -0.3 is 10.8 Å². The molecule has 1 aromatic heterocycles. The van der Waals surface area contributed by atoms with Gasteiger partial charge in [-0.15, -0.1) is 0 Å². The molecular weight excluding hydrogens is 258 g/mol. The Labute approximate surface area is 108 Å². The van der Waals surface area contributed by atoms with Crippen molar-refractivity contribution in [3.05, 3.63) is 41.0 Å². The Morgan fingerprint density at radius 2 is 2.12 bits per heavy atom. The molecule has 0 aliphatic heterocycles. The van der Waals surface area contributed by atoms with E-state index in [1.165, 1.54) is 17.8 Å². The van der Waals surface area contributed by atoms with Gasteiger partial charge in [0.25, 0.3) is 0 Å². The third-order valence-electron chi connectivity index (χ3n) is 1.97. The Kier molecular flexibility index (Phi) is 3.71. The number of benzene rings is 1. The van der Waals surface area contributed by atoms with Crippen LogP contribution in [-0.4, -0.2) is 15.1 Å². The van der Waals surface area contributed by atoms with Gasteiger partial charge in [0.1, 0.15) is 16.7 Å². The summed E-state index contributed by atoms with van der Waals surface area (Å²) in [6.07, 6.45) is 0. The molecule has 4 nitrogen and oxygen atoms in total. The van der Waals surface area contributed by atoms with E-state index in [9.17, 15) is 5.11 Å². The van der Waals surface area contributed by atoms with E-state index in [4.69, 9.17) is 17.3 Å². The van der Waals surface area contributed by atoms with Crippen molar-refractivity contribution in [2.75, 3.05) is 5.73 Å². The number of halogens is 1. The quantitative estimate of drug-likeness (QED) is 0.508. The third-order valence-corrected chi connectivity index (χ3v) is 3.08. The lowest BCUT2D eigenvalue weighted by Gasteiger charge is -2.02. The second-order valence-corrected chi connectivity index (χ2v) is 4.69. The molecule has 3 N–H and O–H groups in total. The van der Waals surface area contributed by atoms with Crippen LogP contribution in [0.25, 0.3) is 0 Å². The number of aromatic nitrogens is 2. The molecule has 0 atom stereocenters. The summed E-state index contributed by atoms with van der Waals surface area (Å²) in [7, 11) is 0. The predicted molar refractivity (Wildman–Crippen MR) is 69.1 cm³/mol. The number of hydrogen-bond donors (Lipinski definition) is 2. The minimum atomic E-state index is 0.245. The van der Waals surface area contributed by atoms with Crippen LogP contribution in [0.2, 0.25) is 5.15 Å². The highest BCUT2D eigenvalue weighted by molar-refractivity contribution is 7.98. The first-order valence-corrected chi connectivity index (χ1v) is 6.20. The molecule has 0 spiro atoms. The summed E-state index contributed by atoms with van der Waals surface area (Å²) in [5.41, 5.74) is 6.55. The highest BCUT2D eigenvalue weighted by Gasteiger charge is 2.03. The lowest BCUT2D eigenvalue weighted by atomic mass is 10.2. The molecule has 0 unspecified atom stereocenters. The number of nitrogens with two attached hydrogens (primary N) is 1. The predicted octanol–water partition coefficient (Wildman–Crippen LogP) is 2.71. The van der Waals surface area contributed by atoms with Gasteiger partial charge in [-0.25, -0.2) is 9.97 Å². The maximum atomic E-state index is 9.32. The van der Waals surface area contributed by atoms with E-state index in [0.717, 1.165) is 5.56 Å². The fourth-order valence-corrected chi connectivity index (χ4v) is 2.32. The van der Waals surface area contributed by atoms with Crippen molar-refractivity contribution in [3.63, 3.8) is 0 Å². The molecule has 0 fully saturated rings. The zero-order valence-electron chi connectivity index (χ0n) is 8.80. The number of hydrogen-bond acceptors (Lipinski definition) is 5. The lowest BCUT2D eigenvalue weighted by molar-refractivity contribution is 0.475. The van der Waals surface area contributed by atoms with Crippen molar-refractivity contribution >= 4 is 29.2 Å². The van der Waals surface area contributed by atoms with Crippen molar-refractivity contribution in [1.82, 2.24) is 9.97 Å². The molecule has 2 rings (SSSR count). The molecule has 1 aromatic carbocycles. The zero-order chi connectivity index (χ0) is 12.3. The van der Waals surface area contributed by atoms with Crippen LogP contribution in [0.15, 0.2) is 35.5 Å². The van der Waals surface area contributed by atoms with E-state index in [-0.39, 0.29) is 5.75 Å². The summed E-state index contributed by atoms with van der Waals surface area (Å²) in [5, 5.41) is 10.2. The zero-order valence-corrected chi connectivity index (χ0v) is 10.4. The van der Waals surface area contributed by atoms with Crippen molar-refractivity contribution < 1.29 is 5.11 Å². The van der Waals surface area contributed by atoms with E-state index < -0.39 is 0 Å². The van der Waals surface area contributed by atoms with Crippen LogP contribution in [0.3, 0.4) is 0 Å². The second kappa shape index (κ2) is 5.25. The third kappa shape index (κ3) is 3.51. The molecule has 88 valence electrons. The molecule has 0 saturated heterocycles. The summed E-state index contributed by atoms with van der Waals surface area (Å²) in [6, 6.07) is 8.53. The van der Waals surface area contributed by atoms with Gasteiger partial charge in [-0.2, -0.15) is 0 Å². The smallest absolute Gasteiger partial charge is 0.191 e. The van der Waals surface area contributed by atoms with Crippen LogP contribution in [0, 0.1) is 0 Å². The average molecular weight is 268 g/mol. The lowest BCUT2D eigenvalue weighted by Crippen LogP contribution is -1.94. The van der Waals surface area contributed by atoms with Gasteiger partial charge in [0.2, 0.25) is 0 Å². The van der Waals surface area contributed by atoms with Crippen LogP contribution in [-0.2, 0) is 5.75 Å². The van der Waals surface area contributed by atoms with Crippen LogP contribution >= 0.6 is 23.4 Å². The maximum Gasteiger partial charge on any atom is 0.191 e. The van der Waals surface area contributed by atoms with Crippen LogP contribution in [0.4, 0.5) is 5.82 Å². The van der Waals surface area contributed by atoms with Crippen molar-refractivity contribution in [2.24, 2.45) is 0 Å². The Balaban J connectivity index is 2.07.